The van der Waals surface area contributed by atoms with Crippen LogP contribution in [0.25, 0.3) is 11.1 Å². The lowest BCUT2D eigenvalue weighted by molar-refractivity contribution is -0.152. The maximum Gasteiger partial charge on any atom is 0.416 e. The van der Waals surface area contributed by atoms with Gasteiger partial charge in [-0.15, -0.1) is 0 Å². The van der Waals surface area contributed by atoms with Crippen molar-refractivity contribution in [2.24, 2.45) is 0 Å². The van der Waals surface area contributed by atoms with Gasteiger partial charge in [0.15, 0.2) is 5.60 Å². The molecule has 1 N–H and O–H groups in total. The van der Waals surface area contributed by atoms with E-state index in [2.05, 4.69) is 0 Å². The Morgan fingerprint density at radius 2 is 1.64 bits per heavy atom. The summed E-state index contributed by atoms with van der Waals surface area (Å²) in [5.41, 5.74) is -1.95. The van der Waals surface area contributed by atoms with Crippen LogP contribution in [0.1, 0.15) is 25.0 Å². The monoisotopic (exact) mass is 525 g/mol. The van der Waals surface area contributed by atoms with E-state index in [1.807, 2.05) is 0 Å². The molecule has 0 saturated carbocycles. The fourth-order valence-electron chi connectivity index (χ4n) is 3.30. The second-order valence-corrected chi connectivity index (χ2v) is 10.6. The first kappa shape index (κ1) is 27.2. The van der Waals surface area contributed by atoms with Crippen molar-refractivity contribution in [3.63, 3.8) is 0 Å². The summed E-state index contributed by atoms with van der Waals surface area (Å²) >= 11 is 0. The van der Waals surface area contributed by atoms with Gasteiger partial charge in [-0.05, 0) is 73.5 Å². The van der Waals surface area contributed by atoms with E-state index in [0.29, 0.717) is 5.56 Å². The molecule has 0 saturated heterocycles. The lowest BCUT2D eigenvalue weighted by atomic mass is 9.99. The van der Waals surface area contributed by atoms with Gasteiger partial charge < -0.3 is 9.84 Å². The fraction of sp³-hybridized carbons (Fsp3) is 0.240. The van der Waals surface area contributed by atoms with Crippen LogP contribution in [0.2, 0.25) is 0 Å². The summed E-state index contributed by atoms with van der Waals surface area (Å²) in [7, 11) is -2.69. The van der Waals surface area contributed by atoms with Gasteiger partial charge in [-0.3, -0.25) is 0 Å². The summed E-state index contributed by atoms with van der Waals surface area (Å²) in [5, 5.41) is 9.43. The Morgan fingerprint density at radius 3 is 2.22 bits per heavy atom. The van der Waals surface area contributed by atoms with Crippen molar-refractivity contribution in [3.8, 4) is 16.9 Å². The molecule has 3 aromatic carbocycles. The van der Waals surface area contributed by atoms with E-state index < -0.39 is 39.2 Å². The highest BCUT2D eigenvalue weighted by Crippen LogP contribution is 2.37. The minimum atomic E-state index is -4.61. The number of nitrogens with zero attached hydrogens (tertiary/aromatic N) is 1. The van der Waals surface area contributed by atoms with E-state index in [0.717, 1.165) is 40.7 Å². The molecule has 3 rings (SSSR count). The number of hydrogen-bond donors (Lipinski definition) is 1. The van der Waals surface area contributed by atoms with Gasteiger partial charge in [-0.1, -0.05) is 18.2 Å². The molecule has 0 aromatic heterocycles. The number of aliphatic carboxylic acids is 1. The molecule has 0 aliphatic carbocycles. The molecule has 0 heterocycles. The third-order valence-corrected chi connectivity index (χ3v) is 7.17. The van der Waals surface area contributed by atoms with Crippen molar-refractivity contribution in [2.45, 2.75) is 37.1 Å². The topological polar surface area (TPSA) is 83.9 Å². The van der Waals surface area contributed by atoms with Crippen LogP contribution in [0, 0.1) is 5.82 Å². The first-order chi connectivity index (χ1) is 16.6. The van der Waals surface area contributed by atoms with Crippen LogP contribution >= 0.6 is 0 Å². The van der Waals surface area contributed by atoms with Gasteiger partial charge in [-0.2, -0.15) is 17.5 Å². The summed E-state index contributed by atoms with van der Waals surface area (Å²) in [6, 6.07) is 13.0. The highest BCUT2D eigenvalue weighted by atomic mass is 32.2. The van der Waals surface area contributed by atoms with Crippen LogP contribution in [-0.4, -0.2) is 36.4 Å². The predicted octanol–water partition coefficient (Wildman–Crippen LogP) is 5.57. The molecular formula is C25H23F4NO5S. The first-order valence-corrected chi connectivity index (χ1v) is 12.0. The van der Waals surface area contributed by atoms with E-state index in [1.165, 1.54) is 51.2 Å². The summed E-state index contributed by atoms with van der Waals surface area (Å²) in [6.45, 7) is 2.42. The minimum absolute atomic E-state index is 0.00881. The van der Waals surface area contributed by atoms with Crippen LogP contribution in [0.4, 0.5) is 17.6 Å². The van der Waals surface area contributed by atoms with Crippen LogP contribution in [0.15, 0.2) is 71.6 Å². The molecule has 3 aromatic rings. The summed E-state index contributed by atoms with van der Waals surface area (Å²) in [4.78, 5) is 11.4. The third kappa shape index (κ3) is 6.03. The Labute approximate surface area is 205 Å². The van der Waals surface area contributed by atoms with Crippen molar-refractivity contribution in [3.05, 3.63) is 83.7 Å². The molecule has 0 radical (unpaired) electrons. The zero-order valence-electron chi connectivity index (χ0n) is 19.5. The number of hydrogen-bond acceptors (Lipinski definition) is 4. The lowest BCUT2D eigenvalue weighted by Crippen LogP contribution is -2.38. The Hall–Kier alpha value is -3.44. The number of carbonyl (C=O) groups is 1. The molecular weight excluding hydrogens is 502 g/mol. The zero-order valence-corrected chi connectivity index (χ0v) is 20.3. The quantitative estimate of drug-likeness (QED) is 0.389. The largest absolute Gasteiger partial charge is 0.478 e. The Bertz CT molecular complexity index is 1370. The maximum absolute atomic E-state index is 13.3. The second kappa shape index (κ2) is 9.90. The highest BCUT2D eigenvalue weighted by molar-refractivity contribution is 7.89. The van der Waals surface area contributed by atoms with Gasteiger partial charge >= 0.3 is 12.1 Å². The third-order valence-electron chi connectivity index (χ3n) is 5.35. The summed E-state index contributed by atoms with van der Waals surface area (Å²) in [5.74, 6) is -1.87. The van der Waals surface area contributed by atoms with Crippen LogP contribution in [0.5, 0.6) is 5.75 Å². The molecule has 36 heavy (non-hydrogen) atoms. The number of carboxylic acid groups (broad SMARTS) is 1. The molecule has 0 aliphatic rings. The van der Waals surface area contributed by atoms with Crippen molar-refractivity contribution in [1.29, 1.82) is 0 Å². The fourth-order valence-corrected chi connectivity index (χ4v) is 4.46. The van der Waals surface area contributed by atoms with Crippen molar-refractivity contribution < 1.29 is 40.6 Å². The number of benzene rings is 3. The van der Waals surface area contributed by atoms with Crippen molar-refractivity contribution in [2.75, 3.05) is 7.05 Å². The molecule has 11 heteroatoms. The van der Waals surface area contributed by atoms with Crippen LogP contribution in [0.3, 0.4) is 0 Å². The average molecular weight is 526 g/mol. The molecule has 6 nitrogen and oxygen atoms in total. The number of carboxylic acids is 1. The number of alkyl halides is 3. The van der Waals surface area contributed by atoms with Crippen molar-refractivity contribution >= 4 is 16.0 Å². The number of sulfonamides is 1. The molecule has 0 bridgehead atoms. The second-order valence-electron chi connectivity index (χ2n) is 8.54. The number of ether oxygens (including phenoxy) is 1. The smallest absolute Gasteiger partial charge is 0.416 e. The summed E-state index contributed by atoms with van der Waals surface area (Å²) in [6.07, 6.45) is -4.61. The predicted molar refractivity (Wildman–Crippen MR) is 124 cm³/mol. The molecule has 0 amide bonds. The van der Waals surface area contributed by atoms with E-state index in [9.17, 15) is 35.9 Å². The number of halogens is 4. The SMILES string of the molecule is CN(Cc1ccc(OC(C)(C)C(=O)O)c(-c2cccc(C(F)(F)F)c2)c1)S(=O)(=O)c1ccc(F)cc1. The first-order valence-electron chi connectivity index (χ1n) is 10.6. The van der Waals surface area contributed by atoms with Gasteiger partial charge in [0.05, 0.1) is 10.5 Å². The van der Waals surface area contributed by atoms with Crippen LogP contribution in [-0.2, 0) is 27.5 Å². The normalized spacial score (nSPS) is 12.6. The van der Waals surface area contributed by atoms with E-state index in [-0.39, 0.29) is 28.3 Å². The lowest BCUT2D eigenvalue weighted by Gasteiger charge is -2.24. The Morgan fingerprint density at radius 1 is 1.00 bits per heavy atom. The van der Waals surface area contributed by atoms with E-state index in [1.54, 1.807) is 0 Å². The van der Waals surface area contributed by atoms with Crippen LogP contribution < -0.4 is 4.74 Å². The Balaban J connectivity index is 2.05. The zero-order chi connectivity index (χ0) is 26.9. The van der Waals surface area contributed by atoms with E-state index >= 15 is 0 Å². The molecule has 0 aliphatic heterocycles. The highest BCUT2D eigenvalue weighted by Gasteiger charge is 2.32. The minimum Gasteiger partial charge on any atom is -0.478 e. The molecule has 0 spiro atoms. The molecule has 0 fully saturated rings. The van der Waals surface area contributed by atoms with Gasteiger partial charge in [0.2, 0.25) is 10.0 Å². The molecule has 192 valence electrons. The average Bonchev–Trinajstić information content (AvgIpc) is 2.79. The molecule has 0 unspecified atom stereocenters. The molecule has 0 atom stereocenters. The summed E-state index contributed by atoms with van der Waals surface area (Å²) < 4.78 is 85.6. The maximum atomic E-state index is 13.3. The van der Waals surface area contributed by atoms with Gasteiger partial charge in [-0.25, -0.2) is 17.6 Å². The van der Waals surface area contributed by atoms with Crippen molar-refractivity contribution in [1.82, 2.24) is 4.31 Å². The standard InChI is InChI=1S/C25H23F4NO5S/c1-24(2,23(31)32)35-22-12-7-16(13-21(22)17-5-4-6-18(14-17)25(27,28)29)15-30(3)36(33,34)20-10-8-19(26)9-11-20/h4-14H,15H2,1-3H3,(H,31,32). The van der Waals surface area contributed by atoms with Gasteiger partial charge in [0.25, 0.3) is 0 Å². The van der Waals surface area contributed by atoms with Gasteiger partial charge in [0.1, 0.15) is 11.6 Å². The Kier molecular flexibility index (Phi) is 7.47. The van der Waals surface area contributed by atoms with E-state index in [4.69, 9.17) is 4.74 Å². The van der Waals surface area contributed by atoms with Gasteiger partial charge in [0, 0.05) is 19.2 Å². The number of rotatable bonds is 8.